The van der Waals surface area contributed by atoms with E-state index in [9.17, 15) is 9.59 Å². The molecule has 1 atom stereocenters. The molecule has 3 N–H and O–H groups in total. The number of hydrogen-bond acceptors (Lipinski definition) is 4. The number of likely N-dealkylation sites (tertiary alicyclic amines) is 1. The van der Waals surface area contributed by atoms with Crippen LogP contribution in [0.3, 0.4) is 0 Å². The molecular weight excluding hydrogens is 310 g/mol. The minimum Gasteiger partial charge on any atom is -0.355 e. The maximum Gasteiger partial charge on any atom is 0.263 e. The second-order valence-electron chi connectivity index (χ2n) is 6.44. The number of fused-ring (bicyclic) bond motifs is 1. The smallest absolute Gasteiger partial charge is 0.263 e. The standard InChI is InChI=1S/C17H25N3O2S/c18-7-8-19-16(21)13-5-3-9-20(11-13)17(22)15-10-12-4-1-2-6-14(12)23-15/h10,13H,1-9,11,18H2,(H,19,21). The zero-order valence-corrected chi connectivity index (χ0v) is 14.3. The topological polar surface area (TPSA) is 75.4 Å². The van der Waals surface area contributed by atoms with E-state index in [2.05, 4.69) is 11.4 Å². The minimum absolute atomic E-state index is 0.0263. The van der Waals surface area contributed by atoms with Gasteiger partial charge in [0.15, 0.2) is 0 Å². The Hall–Kier alpha value is -1.40. The Kier molecular flexibility index (Phi) is 5.33. The number of thiophene rings is 1. The van der Waals surface area contributed by atoms with Crippen LogP contribution in [0, 0.1) is 5.92 Å². The molecule has 1 aliphatic heterocycles. The van der Waals surface area contributed by atoms with Crippen LogP contribution in [-0.4, -0.2) is 42.9 Å². The summed E-state index contributed by atoms with van der Waals surface area (Å²) >= 11 is 1.65. The fourth-order valence-corrected chi connectivity index (χ4v) is 4.69. The van der Waals surface area contributed by atoms with E-state index in [0.717, 1.165) is 37.1 Å². The summed E-state index contributed by atoms with van der Waals surface area (Å²) in [6, 6.07) is 2.08. The number of nitrogens with one attached hydrogen (secondary N) is 1. The van der Waals surface area contributed by atoms with Gasteiger partial charge in [0.25, 0.3) is 5.91 Å². The predicted octanol–water partition coefficient (Wildman–Crippen LogP) is 1.55. The van der Waals surface area contributed by atoms with Gasteiger partial charge in [0.05, 0.1) is 10.8 Å². The lowest BCUT2D eigenvalue weighted by Gasteiger charge is -2.31. The van der Waals surface area contributed by atoms with E-state index >= 15 is 0 Å². The molecule has 1 fully saturated rings. The van der Waals surface area contributed by atoms with Crippen LogP contribution in [0.1, 0.15) is 45.8 Å². The highest BCUT2D eigenvalue weighted by atomic mass is 32.1. The van der Waals surface area contributed by atoms with Gasteiger partial charge in [0.1, 0.15) is 0 Å². The molecule has 2 amide bonds. The largest absolute Gasteiger partial charge is 0.355 e. The van der Waals surface area contributed by atoms with Crippen LogP contribution >= 0.6 is 11.3 Å². The fraction of sp³-hybridized carbons (Fsp3) is 0.647. The maximum absolute atomic E-state index is 12.8. The lowest BCUT2D eigenvalue weighted by Crippen LogP contribution is -2.46. The maximum atomic E-state index is 12.8. The van der Waals surface area contributed by atoms with Crippen LogP contribution in [0.4, 0.5) is 0 Å². The van der Waals surface area contributed by atoms with Crippen molar-refractivity contribution < 1.29 is 9.59 Å². The van der Waals surface area contributed by atoms with Gasteiger partial charge < -0.3 is 16.0 Å². The number of nitrogens with two attached hydrogens (primary N) is 1. The molecule has 1 aromatic heterocycles. The number of carbonyl (C=O) groups is 2. The highest BCUT2D eigenvalue weighted by Gasteiger charge is 2.30. The van der Waals surface area contributed by atoms with Gasteiger partial charge in [-0.3, -0.25) is 9.59 Å². The van der Waals surface area contributed by atoms with Crippen molar-refractivity contribution >= 4 is 23.2 Å². The van der Waals surface area contributed by atoms with Crippen molar-refractivity contribution in [3.05, 3.63) is 21.4 Å². The Bertz CT molecular complexity index is 561. The molecule has 126 valence electrons. The molecule has 1 aliphatic carbocycles. The minimum atomic E-state index is -0.103. The third-order valence-electron chi connectivity index (χ3n) is 4.73. The number of carbonyl (C=O) groups excluding carboxylic acids is 2. The Balaban J connectivity index is 1.65. The predicted molar refractivity (Wildman–Crippen MR) is 91.7 cm³/mol. The molecule has 6 heteroatoms. The second kappa shape index (κ2) is 7.45. The summed E-state index contributed by atoms with van der Waals surface area (Å²) in [5.41, 5.74) is 6.79. The van der Waals surface area contributed by atoms with Crippen molar-refractivity contribution in [1.82, 2.24) is 10.2 Å². The first-order valence-corrected chi connectivity index (χ1v) is 9.39. The summed E-state index contributed by atoms with van der Waals surface area (Å²) < 4.78 is 0. The van der Waals surface area contributed by atoms with E-state index in [0.29, 0.717) is 19.6 Å². The van der Waals surface area contributed by atoms with Gasteiger partial charge in [-0.2, -0.15) is 0 Å². The van der Waals surface area contributed by atoms with Crippen molar-refractivity contribution in [2.24, 2.45) is 11.7 Å². The number of rotatable bonds is 4. The van der Waals surface area contributed by atoms with Crippen LogP contribution < -0.4 is 11.1 Å². The first-order valence-electron chi connectivity index (χ1n) is 8.57. The molecule has 0 saturated carbocycles. The van der Waals surface area contributed by atoms with Crippen molar-refractivity contribution in [1.29, 1.82) is 0 Å². The van der Waals surface area contributed by atoms with Crippen molar-refractivity contribution in [3.63, 3.8) is 0 Å². The monoisotopic (exact) mass is 335 g/mol. The lowest BCUT2D eigenvalue weighted by atomic mass is 9.96. The third-order valence-corrected chi connectivity index (χ3v) is 5.96. The molecular formula is C17H25N3O2S. The number of aryl methyl sites for hydroxylation is 2. The van der Waals surface area contributed by atoms with Crippen LogP contribution in [0.25, 0.3) is 0 Å². The average molecular weight is 335 g/mol. The first-order chi connectivity index (χ1) is 11.2. The Morgan fingerprint density at radius 2 is 2.13 bits per heavy atom. The van der Waals surface area contributed by atoms with Gasteiger partial charge in [-0.15, -0.1) is 11.3 Å². The molecule has 0 radical (unpaired) electrons. The Morgan fingerprint density at radius 1 is 1.30 bits per heavy atom. The molecule has 1 unspecified atom stereocenters. The quantitative estimate of drug-likeness (QED) is 0.877. The molecule has 2 heterocycles. The summed E-state index contributed by atoms with van der Waals surface area (Å²) in [6.07, 6.45) is 6.40. The molecule has 1 saturated heterocycles. The number of piperidine rings is 1. The van der Waals surface area contributed by atoms with E-state index in [4.69, 9.17) is 5.73 Å². The second-order valence-corrected chi connectivity index (χ2v) is 7.57. The molecule has 0 spiro atoms. The van der Waals surface area contributed by atoms with Gasteiger partial charge in [0, 0.05) is 31.1 Å². The molecule has 0 bridgehead atoms. The summed E-state index contributed by atoms with van der Waals surface area (Å²) in [7, 11) is 0. The molecule has 5 nitrogen and oxygen atoms in total. The van der Waals surface area contributed by atoms with Gasteiger partial charge in [-0.1, -0.05) is 0 Å². The van der Waals surface area contributed by atoms with E-state index in [1.54, 1.807) is 11.3 Å². The van der Waals surface area contributed by atoms with E-state index in [1.165, 1.54) is 23.3 Å². The molecule has 2 aliphatic rings. The molecule has 23 heavy (non-hydrogen) atoms. The van der Waals surface area contributed by atoms with Crippen molar-refractivity contribution in [3.8, 4) is 0 Å². The third kappa shape index (κ3) is 3.75. The van der Waals surface area contributed by atoms with E-state index in [-0.39, 0.29) is 17.7 Å². The summed E-state index contributed by atoms with van der Waals surface area (Å²) in [6.45, 7) is 2.22. The van der Waals surface area contributed by atoms with Crippen LogP contribution in [0.15, 0.2) is 6.07 Å². The van der Waals surface area contributed by atoms with Gasteiger partial charge >= 0.3 is 0 Å². The summed E-state index contributed by atoms with van der Waals surface area (Å²) in [4.78, 5) is 29.0. The highest BCUT2D eigenvalue weighted by molar-refractivity contribution is 7.14. The van der Waals surface area contributed by atoms with Gasteiger partial charge in [-0.05, 0) is 50.2 Å². The van der Waals surface area contributed by atoms with Gasteiger partial charge in [-0.25, -0.2) is 0 Å². The van der Waals surface area contributed by atoms with Crippen molar-refractivity contribution in [2.45, 2.75) is 38.5 Å². The van der Waals surface area contributed by atoms with Crippen LogP contribution in [0.2, 0.25) is 0 Å². The number of hydrogen-bond donors (Lipinski definition) is 2. The zero-order chi connectivity index (χ0) is 16.2. The van der Waals surface area contributed by atoms with E-state index < -0.39 is 0 Å². The molecule has 1 aromatic rings. The first kappa shape index (κ1) is 16.5. The molecule has 0 aromatic carbocycles. The fourth-order valence-electron chi connectivity index (χ4n) is 3.47. The van der Waals surface area contributed by atoms with Crippen molar-refractivity contribution in [2.75, 3.05) is 26.2 Å². The summed E-state index contributed by atoms with van der Waals surface area (Å²) in [5.74, 6) is 0.0213. The zero-order valence-electron chi connectivity index (χ0n) is 13.5. The SMILES string of the molecule is NCCNC(=O)C1CCCN(C(=O)c2cc3c(s2)CCCC3)C1. The number of nitrogens with zero attached hydrogens (tertiary/aromatic N) is 1. The van der Waals surface area contributed by atoms with E-state index in [1.807, 2.05) is 4.90 Å². The lowest BCUT2D eigenvalue weighted by molar-refractivity contribution is -0.126. The highest BCUT2D eigenvalue weighted by Crippen LogP contribution is 2.31. The average Bonchev–Trinajstić information content (AvgIpc) is 3.03. The number of amides is 2. The normalized spacial score (nSPS) is 20.9. The van der Waals surface area contributed by atoms with Gasteiger partial charge in [0.2, 0.25) is 5.91 Å². The Labute approximate surface area is 141 Å². The summed E-state index contributed by atoms with van der Waals surface area (Å²) in [5, 5.41) is 2.84. The van der Waals surface area contributed by atoms with Crippen LogP contribution in [0.5, 0.6) is 0 Å². The Morgan fingerprint density at radius 3 is 2.91 bits per heavy atom. The molecule has 3 rings (SSSR count). The van der Waals surface area contributed by atoms with Crippen LogP contribution in [-0.2, 0) is 17.6 Å².